The van der Waals surface area contributed by atoms with Crippen LogP contribution in [-0.2, 0) is 11.2 Å². The van der Waals surface area contributed by atoms with Gasteiger partial charge in [-0.1, -0.05) is 30.3 Å². The van der Waals surface area contributed by atoms with Crippen molar-refractivity contribution in [2.24, 2.45) is 0 Å². The summed E-state index contributed by atoms with van der Waals surface area (Å²) in [6.45, 7) is 0.307. The third kappa shape index (κ3) is 3.57. The highest BCUT2D eigenvalue weighted by Crippen LogP contribution is 2.39. The molecule has 3 heterocycles. The third-order valence-corrected chi connectivity index (χ3v) is 6.01. The number of hydrogen-bond acceptors (Lipinski definition) is 5. The number of nitrogens with zero attached hydrogens (tertiary/aromatic N) is 1. The number of carbonyl (C=O) groups excluding carboxylic acids is 2. The number of ether oxygens (including phenoxy) is 1. The number of fused-ring (bicyclic) bond motifs is 1. The quantitative estimate of drug-likeness (QED) is 0.408. The van der Waals surface area contributed by atoms with Gasteiger partial charge < -0.3 is 24.1 Å². The molecule has 0 fully saturated rings. The average molecular weight is 442 g/mol. The predicted octanol–water partition coefficient (Wildman–Crippen LogP) is 4.59. The Morgan fingerprint density at radius 2 is 1.97 bits per heavy atom. The second kappa shape index (κ2) is 8.35. The zero-order chi connectivity index (χ0) is 22.9. The van der Waals surface area contributed by atoms with Gasteiger partial charge in [0.05, 0.1) is 25.0 Å². The number of methoxy groups -OCH3 is 1. The van der Waals surface area contributed by atoms with Crippen molar-refractivity contribution in [2.75, 3.05) is 13.7 Å². The summed E-state index contributed by atoms with van der Waals surface area (Å²) in [7, 11) is 1.62. The van der Waals surface area contributed by atoms with Crippen LogP contribution in [0.15, 0.2) is 88.9 Å². The summed E-state index contributed by atoms with van der Waals surface area (Å²) in [5.74, 6) is -0.787. The Hall–Kier alpha value is -4.26. The van der Waals surface area contributed by atoms with Crippen LogP contribution in [0.3, 0.4) is 0 Å². The topological polar surface area (TPSA) is 95.8 Å². The summed E-state index contributed by atoms with van der Waals surface area (Å²) in [4.78, 5) is 31.0. The number of nitrogens with one attached hydrogen (secondary N) is 1. The Morgan fingerprint density at radius 1 is 1.15 bits per heavy atom. The van der Waals surface area contributed by atoms with E-state index < -0.39 is 23.5 Å². The molecule has 2 aromatic heterocycles. The first-order chi connectivity index (χ1) is 16.1. The number of amides is 1. The van der Waals surface area contributed by atoms with E-state index in [9.17, 15) is 14.7 Å². The Bertz CT molecular complexity index is 1350. The molecule has 7 heteroatoms. The Kier molecular flexibility index (Phi) is 5.22. The zero-order valence-corrected chi connectivity index (χ0v) is 17.9. The second-order valence-corrected chi connectivity index (χ2v) is 7.86. The van der Waals surface area contributed by atoms with Crippen molar-refractivity contribution in [2.45, 2.75) is 12.5 Å². The van der Waals surface area contributed by atoms with Gasteiger partial charge in [-0.2, -0.15) is 0 Å². The van der Waals surface area contributed by atoms with E-state index in [2.05, 4.69) is 4.98 Å². The number of aromatic nitrogens is 1. The molecule has 1 aliphatic rings. The van der Waals surface area contributed by atoms with Crippen LogP contribution in [0, 0.1) is 0 Å². The van der Waals surface area contributed by atoms with Crippen LogP contribution in [0.4, 0.5) is 0 Å². The van der Waals surface area contributed by atoms with Gasteiger partial charge >= 0.3 is 0 Å². The maximum Gasteiger partial charge on any atom is 0.290 e. The number of ketones is 1. The molecule has 1 atom stereocenters. The van der Waals surface area contributed by atoms with Crippen LogP contribution in [-0.4, -0.2) is 40.3 Å². The van der Waals surface area contributed by atoms with Gasteiger partial charge in [-0.05, 0) is 47.9 Å². The van der Waals surface area contributed by atoms with Crippen molar-refractivity contribution in [3.63, 3.8) is 0 Å². The highest BCUT2D eigenvalue weighted by molar-refractivity contribution is 6.15. The lowest BCUT2D eigenvalue weighted by Crippen LogP contribution is -2.33. The van der Waals surface area contributed by atoms with Gasteiger partial charge in [-0.25, -0.2) is 0 Å². The Balaban J connectivity index is 1.49. The van der Waals surface area contributed by atoms with E-state index in [1.807, 2.05) is 54.7 Å². The molecule has 1 aliphatic heterocycles. The Labute approximate surface area is 189 Å². The molecule has 1 amide bonds. The molecule has 0 unspecified atom stereocenters. The normalized spacial score (nSPS) is 16.1. The summed E-state index contributed by atoms with van der Waals surface area (Å²) >= 11 is 0. The summed E-state index contributed by atoms with van der Waals surface area (Å²) in [6.07, 6.45) is 3.82. The maximum atomic E-state index is 13.2. The lowest BCUT2D eigenvalue weighted by atomic mass is 9.95. The number of carbonyl (C=O) groups is 2. The van der Waals surface area contributed by atoms with Crippen molar-refractivity contribution in [3.05, 3.63) is 101 Å². The van der Waals surface area contributed by atoms with E-state index in [1.54, 1.807) is 18.1 Å². The van der Waals surface area contributed by atoms with Crippen molar-refractivity contribution >= 4 is 22.6 Å². The lowest BCUT2D eigenvalue weighted by molar-refractivity contribution is -0.129. The van der Waals surface area contributed by atoms with Gasteiger partial charge in [0.25, 0.3) is 5.91 Å². The van der Waals surface area contributed by atoms with Gasteiger partial charge in [0.15, 0.2) is 11.5 Å². The monoisotopic (exact) mass is 442 g/mol. The number of aliphatic hydroxyl groups excluding tert-OH is 1. The van der Waals surface area contributed by atoms with E-state index >= 15 is 0 Å². The summed E-state index contributed by atoms with van der Waals surface area (Å²) in [5.41, 5.74) is 2.74. The predicted molar refractivity (Wildman–Crippen MR) is 122 cm³/mol. The molecule has 7 nitrogen and oxygen atoms in total. The molecule has 0 radical (unpaired) electrons. The van der Waals surface area contributed by atoms with Gasteiger partial charge in [0, 0.05) is 23.6 Å². The number of H-pyrrole nitrogens is 1. The van der Waals surface area contributed by atoms with E-state index in [0.29, 0.717) is 13.0 Å². The first kappa shape index (κ1) is 20.6. The van der Waals surface area contributed by atoms with Crippen molar-refractivity contribution < 1.29 is 23.8 Å². The molecule has 0 spiro atoms. The van der Waals surface area contributed by atoms with Gasteiger partial charge in [0.2, 0.25) is 5.78 Å². The molecule has 5 rings (SSSR count). The number of aliphatic hydroxyl groups is 1. The largest absolute Gasteiger partial charge is 0.503 e. The first-order valence-electron chi connectivity index (χ1n) is 10.6. The van der Waals surface area contributed by atoms with Crippen LogP contribution in [0.5, 0.6) is 5.75 Å². The maximum absolute atomic E-state index is 13.2. The fourth-order valence-corrected chi connectivity index (χ4v) is 4.37. The van der Waals surface area contributed by atoms with E-state index in [4.69, 9.17) is 9.15 Å². The SMILES string of the molecule is COc1ccc2[nH]cc(CCN3C(=O)C(O)=C(C(=O)c4ccco4)[C@@H]3c3ccccc3)c2c1. The molecule has 0 saturated carbocycles. The van der Waals surface area contributed by atoms with Crippen molar-refractivity contribution in [1.82, 2.24) is 9.88 Å². The van der Waals surface area contributed by atoms with Crippen LogP contribution >= 0.6 is 0 Å². The molecule has 33 heavy (non-hydrogen) atoms. The van der Waals surface area contributed by atoms with Crippen LogP contribution in [0.25, 0.3) is 10.9 Å². The summed E-state index contributed by atoms with van der Waals surface area (Å²) < 4.78 is 10.6. The highest BCUT2D eigenvalue weighted by Gasteiger charge is 2.44. The highest BCUT2D eigenvalue weighted by atomic mass is 16.5. The van der Waals surface area contributed by atoms with E-state index in [-0.39, 0.29) is 11.3 Å². The third-order valence-electron chi connectivity index (χ3n) is 6.01. The van der Waals surface area contributed by atoms with Crippen LogP contribution in [0.1, 0.15) is 27.7 Å². The molecule has 4 aromatic rings. The fraction of sp³-hybridized carbons (Fsp3) is 0.154. The summed E-state index contributed by atoms with van der Waals surface area (Å²) in [5, 5.41) is 11.7. The first-order valence-corrected chi connectivity index (χ1v) is 10.6. The van der Waals surface area contributed by atoms with Gasteiger partial charge in [0.1, 0.15) is 5.75 Å². The molecule has 2 aromatic carbocycles. The smallest absolute Gasteiger partial charge is 0.290 e. The molecular weight excluding hydrogens is 420 g/mol. The van der Waals surface area contributed by atoms with Crippen LogP contribution < -0.4 is 4.74 Å². The van der Waals surface area contributed by atoms with Gasteiger partial charge in [-0.3, -0.25) is 9.59 Å². The summed E-state index contributed by atoms with van der Waals surface area (Å²) in [6, 6.07) is 17.4. The molecular formula is C26H22N2O5. The minimum atomic E-state index is -0.712. The number of Topliss-reactive ketones (excluding diaryl/α,β-unsaturated/α-hetero) is 1. The fourth-order valence-electron chi connectivity index (χ4n) is 4.37. The lowest BCUT2D eigenvalue weighted by Gasteiger charge is -2.26. The molecule has 2 N–H and O–H groups in total. The zero-order valence-electron chi connectivity index (χ0n) is 17.9. The van der Waals surface area contributed by atoms with Crippen molar-refractivity contribution in [1.29, 1.82) is 0 Å². The molecule has 0 bridgehead atoms. The number of hydrogen-bond donors (Lipinski definition) is 2. The number of furan rings is 1. The van der Waals surface area contributed by atoms with Crippen LogP contribution in [0.2, 0.25) is 0 Å². The molecule has 0 saturated heterocycles. The number of rotatable bonds is 7. The van der Waals surface area contributed by atoms with Gasteiger partial charge in [-0.15, -0.1) is 0 Å². The minimum absolute atomic E-state index is 0.0294. The molecule has 166 valence electrons. The van der Waals surface area contributed by atoms with E-state index in [0.717, 1.165) is 27.8 Å². The number of benzene rings is 2. The standard InChI is InChI=1S/C26H22N2O5/c1-32-18-9-10-20-19(14-18)17(15-27-20)11-12-28-23(16-6-3-2-4-7-16)22(25(30)26(28)31)24(29)21-8-5-13-33-21/h2-10,13-15,23,27,30H,11-12H2,1H3/t23-/m0/s1. The average Bonchev–Trinajstić information content (AvgIpc) is 3.57. The van der Waals surface area contributed by atoms with Crippen molar-refractivity contribution in [3.8, 4) is 5.75 Å². The molecule has 0 aliphatic carbocycles. The minimum Gasteiger partial charge on any atom is -0.503 e. The Morgan fingerprint density at radius 3 is 2.70 bits per heavy atom. The van der Waals surface area contributed by atoms with E-state index in [1.165, 1.54) is 12.3 Å². The second-order valence-electron chi connectivity index (χ2n) is 7.86. The number of aromatic amines is 1.